The number of amides is 1. The van der Waals surface area contributed by atoms with Gasteiger partial charge >= 0.3 is 0 Å². The van der Waals surface area contributed by atoms with E-state index in [2.05, 4.69) is 5.32 Å². The number of hydrogen-bond donors (Lipinski definition) is 1. The first-order valence-corrected chi connectivity index (χ1v) is 4.68. The highest BCUT2D eigenvalue weighted by atomic mass is 35.5. The van der Waals surface area contributed by atoms with Crippen molar-refractivity contribution in [2.75, 3.05) is 27.2 Å². The molecule has 0 aromatic heterocycles. The van der Waals surface area contributed by atoms with Crippen LogP contribution in [0.2, 0.25) is 0 Å². The molecule has 0 bridgehead atoms. The molecule has 1 rings (SSSR count). The fraction of sp³-hybridized carbons (Fsp3) is 0.364. The van der Waals surface area contributed by atoms with Gasteiger partial charge in [0.15, 0.2) is 0 Å². The molecule has 0 aliphatic rings. The number of hydrogen-bond acceptors (Lipinski definition) is 2. The lowest BCUT2D eigenvalue weighted by Gasteiger charge is -2.10. The second kappa shape index (κ2) is 9.46. The lowest BCUT2D eigenvalue weighted by atomic mass is 10.2. The second-order valence-corrected chi connectivity index (χ2v) is 3.43. The van der Waals surface area contributed by atoms with E-state index in [1.807, 2.05) is 49.3 Å². The Balaban J connectivity index is 0. The first-order chi connectivity index (χ1) is 6.70. The van der Waals surface area contributed by atoms with E-state index in [9.17, 15) is 4.79 Å². The van der Waals surface area contributed by atoms with Crippen LogP contribution in [0, 0.1) is 0 Å². The molecule has 1 amide bonds. The maximum atomic E-state index is 11.5. The van der Waals surface area contributed by atoms with Crippen molar-refractivity contribution >= 4 is 30.7 Å². The molecule has 0 unspecified atom stereocenters. The standard InChI is InChI=1S/C11H16N2O.2ClH/c1-13(2)9-8-12-11(14)10-6-4-3-5-7-10;;/h3-7H,8-9H2,1-2H3,(H,12,14);2*1H. The molecule has 92 valence electrons. The maximum Gasteiger partial charge on any atom is 0.251 e. The third-order valence-corrected chi connectivity index (χ3v) is 1.88. The summed E-state index contributed by atoms with van der Waals surface area (Å²) < 4.78 is 0. The summed E-state index contributed by atoms with van der Waals surface area (Å²) in [6, 6.07) is 9.24. The Morgan fingerprint density at radius 1 is 1.19 bits per heavy atom. The van der Waals surface area contributed by atoms with Crippen LogP contribution < -0.4 is 5.32 Å². The van der Waals surface area contributed by atoms with Crippen molar-refractivity contribution in [2.45, 2.75) is 0 Å². The first-order valence-electron chi connectivity index (χ1n) is 4.68. The second-order valence-electron chi connectivity index (χ2n) is 3.43. The molecule has 0 radical (unpaired) electrons. The van der Waals surface area contributed by atoms with Gasteiger partial charge in [-0.05, 0) is 26.2 Å². The fourth-order valence-electron chi connectivity index (χ4n) is 1.08. The molecule has 0 spiro atoms. The highest BCUT2D eigenvalue weighted by Crippen LogP contribution is 1.97. The fourth-order valence-corrected chi connectivity index (χ4v) is 1.08. The van der Waals surface area contributed by atoms with Crippen LogP contribution in [0.4, 0.5) is 0 Å². The zero-order chi connectivity index (χ0) is 10.4. The molecule has 0 saturated carbocycles. The molecule has 3 nitrogen and oxygen atoms in total. The molecular formula is C11H18Cl2N2O. The highest BCUT2D eigenvalue weighted by Gasteiger charge is 2.02. The van der Waals surface area contributed by atoms with E-state index in [0.29, 0.717) is 12.1 Å². The molecule has 5 heteroatoms. The van der Waals surface area contributed by atoms with Crippen LogP contribution in [0.5, 0.6) is 0 Å². The van der Waals surface area contributed by atoms with Crippen molar-refractivity contribution in [3.05, 3.63) is 35.9 Å². The maximum absolute atomic E-state index is 11.5. The average molecular weight is 265 g/mol. The summed E-state index contributed by atoms with van der Waals surface area (Å²) in [5, 5.41) is 2.85. The van der Waals surface area contributed by atoms with Crippen molar-refractivity contribution in [1.82, 2.24) is 10.2 Å². The van der Waals surface area contributed by atoms with Crippen LogP contribution in [-0.2, 0) is 0 Å². The number of benzene rings is 1. The van der Waals surface area contributed by atoms with Gasteiger partial charge in [0.2, 0.25) is 0 Å². The Morgan fingerprint density at radius 3 is 2.25 bits per heavy atom. The number of rotatable bonds is 4. The Kier molecular flexibility index (Phi) is 10.4. The van der Waals surface area contributed by atoms with Crippen molar-refractivity contribution in [3.8, 4) is 0 Å². The monoisotopic (exact) mass is 264 g/mol. The number of nitrogens with one attached hydrogen (secondary N) is 1. The van der Waals surface area contributed by atoms with E-state index >= 15 is 0 Å². The molecule has 0 atom stereocenters. The van der Waals surface area contributed by atoms with E-state index in [1.54, 1.807) is 0 Å². The van der Waals surface area contributed by atoms with Crippen LogP contribution >= 0.6 is 24.8 Å². The zero-order valence-corrected chi connectivity index (χ0v) is 11.1. The summed E-state index contributed by atoms with van der Waals surface area (Å²) in [7, 11) is 3.96. The third kappa shape index (κ3) is 6.67. The van der Waals surface area contributed by atoms with E-state index in [4.69, 9.17) is 0 Å². The smallest absolute Gasteiger partial charge is 0.251 e. The number of nitrogens with zero attached hydrogens (tertiary/aromatic N) is 1. The summed E-state index contributed by atoms with van der Waals surface area (Å²) in [6.45, 7) is 1.54. The molecule has 0 saturated heterocycles. The lowest BCUT2D eigenvalue weighted by molar-refractivity contribution is 0.0951. The van der Waals surface area contributed by atoms with Gasteiger partial charge in [0.1, 0.15) is 0 Å². The summed E-state index contributed by atoms with van der Waals surface area (Å²) in [5.74, 6) is -0.00699. The van der Waals surface area contributed by atoms with Crippen LogP contribution in [0.15, 0.2) is 30.3 Å². The van der Waals surface area contributed by atoms with Gasteiger partial charge in [0.25, 0.3) is 5.91 Å². The average Bonchev–Trinajstić information content (AvgIpc) is 2.18. The number of carbonyl (C=O) groups excluding carboxylic acids is 1. The van der Waals surface area contributed by atoms with Crippen molar-refractivity contribution in [3.63, 3.8) is 0 Å². The van der Waals surface area contributed by atoms with Crippen LogP contribution in [0.25, 0.3) is 0 Å². The molecule has 0 fully saturated rings. The predicted octanol–water partition coefficient (Wildman–Crippen LogP) is 1.82. The van der Waals surface area contributed by atoms with E-state index in [0.717, 1.165) is 6.54 Å². The van der Waals surface area contributed by atoms with Crippen LogP contribution in [0.3, 0.4) is 0 Å². The van der Waals surface area contributed by atoms with E-state index in [1.165, 1.54) is 0 Å². The Labute approximate surface area is 109 Å². The number of halogens is 2. The Morgan fingerprint density at radius 2 is 1.75 bits per heavy atom. The minimum absolute atomic E-state index is 0. The van der Waals surface area contributed by atoms with Crippen LogP contribution in [0.1, 0.15) is 10.4 Å². The molecule has 1 aromatic carbocycles. The van der Waals surface area contributed by atoms with Gasteiger partial charge in [0.05, 0.1) is 0 Å². The zero-order valence-electron chi connectivity index (χ0n) is 9.47. The molecule has 1 aromatic rings. The van der Waals surface area contributed by atoms with E-state index < -0.39 is 0 Å². The van der Waals surface area contributed by atoms with Gasteiger partial charge in [-0.2, -0.15) is 0 Å². The normalized spacial score (nSPS) is 8.94. The molecule has 0 heterocycles. The number of carbonyl (C=O) groups is 1. The predicted molar refractivity (Wildman–Crippen MR) is 71.8 cm³/mol. The van der Waals surface area contributed by atoms with Gasteiger partial charge in [-0.1, -0.05) is 18.2 Å². The Bertz CT molecular complexity index is 291. The van der Waals surface area contributed by atoms with Gasteiger partial charge in [-0.15, -0.1) is 24.8 Å². The SMILES string of the molecule is CN(C)CCNC(=O)c1ccccc1.Cl.Cl. The van der Waals surface area contributed by atoms with Crippen molar-refractivity contribution in [1.29, 1.82) is 0 Å². The van der Waals surface area contributed by atoms with Gasteiger partial charge in [0, 0.05) is 18.7 Å². The molecule has 1 N–H and O–H groups in total. The van der Waals surface area contributed by atoms with Crippen molar-refractivity contribution < 1.29 is 4.79 Å². The van der Waals surface area contributed by atoms with Crippen molar-refractivity contribution in [2.24, 2.45) is 0 Å². The first kappa shape index (κ1) is 17.6. The van der Waals surface area contributed by atoms with Gasteiger partial charge < -0.3 is 10.2 Å². The minimum atomic E-state index is -0.00699. The van der Waals surface area contributed by atoms with E-state index in [-0.39, 0.29) is 30.7 Å². The van der Waals surface area contributed by atoms with Crippen LogP contribution in [-0.4, -0.2) is 38.0 Å². The summed E-state index contributed by atoms with van der Waals surface area (Å²) in [6.07, 6.45) is 0. The molecule has 0 aliphatic heterocycles. The number of likely N-dealkylation sites (N-methyl/N-ethyl adjacent to an activating group) is 1. The molecule has 0 aliphatic carbocycles. The highest BCUT2D eigenvalue weighted by molar-refractivity contribution is 5.94. The Hall–Kier alpha value is -0.770. The summed E-state index contributed by atoms with van der Waals surface area (Å²) in [5.41, 5.74) is 0.714. The largest absolute Gasteiger partial charge is 0.351 e. The lowest BCUT2D eigenvalue weighted by Crippen LogP contribution is -2.31. The third-order valence-electron chi connectivity index (χ3n) is 1.88. The molecular weight excluding hydrogens is 247 g/mol. The quantitative estimate of drug-likeness (QED) is 0.900. The summed E-state index contributed by atoms with van der Waals surface area (Å²) in [4.78, 5) is 13.5. The van der Waals surface area contributed by atoms with Gasteiger partial charge in [-0.25, -0.2) is 0 Å². The minimum Gasteiger partial charge on any atom is -0.351 e. The molecule has 16 heavy (non-hydrogen) atoms. The van der Waals surface area contributed by atoms with Gasteiger partial charge in [-0.3, -0.25) is 4.79 Å². The summed E-state index contributed by atoms with van der Waals surface area (Å²) >= 11 is 0. The topological polar surface area (TPSA) is 32.3 Å².